The molecule has 1 atom stereocenters. The molecular weight excluding hydrogens is 337 g/mol. The summed E-state index contributed by atoms with van der Waals surface area (Å²) in [5.41, 5.74) is 0.365. The van der Waals surface area contributed by atoms with E-state index < -0.39 is 5.95 Å². The molecule has 138 valence electrons. The van der Waals surface area contributed by atoms with Gasteiger partial charge in [-0.25, -0.2) is 15.0 Å². The summed E-state index contributed by atoms with van der Waals surface area (Å²) in [5, 5.41) is 2.97. The van der Waals surface area contributed by atoms with Crippen LogP contribution in [0.5, 0.6) is 0 Å². The maximum atomic E-state index is 12.9. The first-order chi connectivity index (χ1) is 12.7. The van der Waals surface area contributed by atoms with E-state index in [1.165, 1.54) is 12.5 Å². The maximum absolute atomic E-state index is 12.9. The zero-order chi connectivity index (χ0) is 17.9. The van der Waals surface area contributed by atoms with E-state index >= 15 is 0 Å². The van der Waals surface area contributed by atoms with Gasteiger partial charge in [0.1, 0.15) is 12.1 Å². The summed E-state index contributed by atoms with van der Waals surface area (Å²) in [6, 6.07) is 0. The molecule has 7 nitrogen and oxygen atoms in total. The van der Waals surface area contributed by atoms with Crippen LogP contribution in [0.2, 0.25) is 0 Å². The molecule has 1 unspecified atom stereocenters. The van der Waals surface area contributed by atoms with Crippen LogP contribution in [0.4, 0.5) is 10.2 Å². The molecule has 1 saturated carbocycles. The molecule has 2 aromatic rings. The lowest BCUT2D eigenvalue weighted by molar-refractivity contribution is 0.0941. The van der Waals surface area contributed by atoms with Gasteiger partial charge in [-0.15, -0.1) is 0 Å². The fourth-order valence-electron chi connectivity index (χ4n) is 3.30. The van der Waals surface area contributed by atoms with Crippen LogP contribution in [0.3, 0.4) is 0 Å². The van der Waals surface area contributed by atoms with E-state index in [0.29, 0.717) is 35.8 Å². The highest BCUT2D eigenvalue weighted by Gasteiger charge is 2.29. The average molecular weight is 359 g/mol. The highest BCUT2D eigenvalue weighted by molar-refractivity contribution is 5.91. The van der Waals surface area contributed by atoms with E-state index in [1.54, 1.807) is 0 Å². The van der Waals surface area contributed by atoms with Crippen molar-refractivity contribution in [1.82, 2.24) is 20.3 Å². The SMILES string of the molecule is O=C(NCC1CCCN(c2cnc(F)cn2)CC1)c1coc(C2CC2)n1. The second-order valence-electron chi connectivity index (χ2n) is 7.04. The second-order valence-corrected chi connectivity index (χ2v) is 7.04. The van der Waals surface area contributed by atoms with Gasteiger partial charge in [0.15, 0.2) is 11.6 Å². The number of aromatic nitrogens is 3. The standard InChI is InChI=1S/C18H22FN5O2/c19-15-9-21-16(10-20-15)24-6-1-2-12(5-7-24)8-22-17(25)14-11-26-18(23-14)13-3-4-13/h9-13H,1-8H2,(H,22,25). The second kappa shape index (κ2) is 7.39. The summed E-state index contributed by atoms with van der Waals surface area (Å²) in [6.45, 7) is 2.29. The lowest BCUT2D eigenvalue weighted by Gasteiger charge is -2.21. The minimum atomic E-state index is -0.568. The predicted molar refractivity (Wildman–Crippen MR) is 92.4 cm³/mol. The van der Waals surface area contributed by atoms with E-state index in [4.69, 9.17) is 4.42 Å². The lowest BCUT2D eigenvalue weighted by atomic mass is 10.0. The molecular formula is C18H22FN5O2. The number of anilines is 1. The summed E-state index contributed by atoms with van der Waals surface area (Å²) in [5.74, 6) is 1.44. The molecule has 0 radical (unpaired) electrons. The molecule has 2 fully saturated rings. The Balaban J connectivity index is 1.27. The maximum Gasteiger partial charge on any atom is 0.273 e. The number of nitrogens with zero attached hydrogens (tertiary/aromatic N) is 4. The van der Waals surface area contributed by atoms with E-state index in [9.17, 15) is 9.18 Å². The number of carbonyl (C=O) groups is 1. The smallest absolute Gasteiger partial charge is 0.273 e. The zero-order valence-electron chi connectivity index (χ0n) is 14.5. The minimum Gasteiger partial charge on any atom is -0.448 e. The highest BCUT2D eigenvalue weighted by atomic mass is 19.1. The van der Waals surface area contributed by atoms with Crippen molar-refractivity contribution in [1.29, 1.82) is 0 Å². The molecule has 0 bridgehead atoms. The Bertz CT molecular complexity index is 759. The number of oxazole rings is 1. The molecule has 4 rings (SSSR count). The Morgan fingerprint density at radius 1 is 1.23 bits per heavy atom. The third-order valence-electron chi connectivity index (χ3n) is 5.01. The van der Waals surface area contributed by atoms with Crippen LogP contribution in [0, 0.1) is 11.9 Å². The zero-order valence-corrected chi connectivity index (χ0v) is 14.5. The molecule has 26 heavy (non-hydrogen) atoms. The third-order valence-corrected chi connectivity index (χ3v) is 5.01. The monoisotopic (exact) mass is 359 g/mol. The Morgan fingerprint density at radius 3 is 2.88 bits per heavy atom. The number of carbonyl (C=O) groups excluding carboxylic acids is 1. The van der Waals surface area contributed by atoms with Crippen LogP contribution < -0.4 is 10.2 Å². The Labute approximate surface area is 151 Å². The molecule has 2 aromatic heterocycles. The molecule has 1 aliphatic carbocycles. The molecule has 1 amide bonds. The van der Waals surface area contributed by atoms with Crippen LogP contribution in [-0.4, -0.2) is 40.5 Å². The first-order valence-electron chi connectivity index (χ1n) is 9.15. The summed E-state index contributed by atoms with van der Waals surface area (Å²) >= 11 is 0. The Hall–Kier alpha value is -2.51. The van der Waals surface area contributed by atoms with Crippen LogP contribution in [0.25, 0.3) is 0 Å². The van der Waals surface area contributed by atoms with Gasteiger partial charge in [-0.05, 0) is 38.0 Å². The first-order valence-corrected chi connectivity index (χ1v) is 9.15. The van der Waals surface area contributed by atoms with Crippen molar-refractivity contribution in [2.45, 2.75) is 38.0 Å². The van der Waals surface area contributed by atoms with Gasteiger partial charge in [0, 0.05) is 25.6 Å². The number of amides is 1. The molecule has 8 heteroatoms. The van der Waals surface area contributed by atoms with Gasteiger partial charge >= 0.3 is 0 Å². The van der Waals surface area contributed by atoms with Gasteiger partial charge in [0.05, 0.1) is 12.4 Å². The van der Waals surface area contributed by atoms with Gasteiger partial charge in [-0.1, -0.05) is 0 Å². The lowest BCUT2D eigenvalue weighted by Crippen LogP contribution is -2.30. The largest absolute Gasteiger partial charge is 0.448 e. The molecule has 0 spiro atoms. The van der Waals surface area contributed by atoms with Crippen LogP contribution >= 0.6 is 0 Å². The van der Waals surface area contributed by atoms with Crippen molar-refractivity contribution in [3.8, 4) is 0 Å². The molecule has 1 saturated heterocycles. The summed E-state index contributed by atoms with van der Waals surface area (Å²) in [6.07, 6.45) is 9.21. The van der Waals surface area contributed by atoms with E-state index in [-0.39, 0.29) is 5.91 Å². The Morgan fingerprint density at radius 2 is 2.12 bits per heavy atom. The van der Waals surface area contributed by atoms with Crippen LogP contribution in [0.1, 0.15) is 54.4 Å². The van der Waals surface area contributed by atoms with Gasteiger partial charge in [-0.2, -0.15) is 4.39 Å². The van der Waals surface area contributed by atoms with Crippen LogP contribution in [-0.2, 0) is 0 Å². The Kier molecular flexibility index (Phi) is 4.81. The van der Waals surface area contributed by atoms with Crippen molar-refractivity contribution >= 4 is 11.7 Å². The van der Waals surface area contributed by atoms with E-state index in [2.05, 4.69) is 25.2 Å². The number of hydrogen-bond acceptors (Lipinski definition) is 6. The molecule has 2 aliphatic rings. The molecule has 3 heterocycles. The highest BCUT2D eigenvalue weighted by Crippen LogP contribution is 2.39. The van der Waals surface area contributed by atoms with Gasteiger partial charge in [0.2, 0.25) is 5.95 Å². The summed E-state index contributed by atoms with van der Waals surface area (Å²) in [7, 11) is 0. The number of rotatable bonds is 5. The number of hydrogen-bond donors (Lipinski definition) is 1. The third kappa shape index (κ3) is 4.00. The van der Waals surface area contributed by atoms with E-state index in [1.807, 2.05) is 0 Å². The predicted octanol–water partition coefficient (Wildman–Crippen LogP) is 2.52. The first kappa shape index (κ1) is 16.9. The number of nitrogens with one attached hydrogen (secondary N) is 1. The van der Waals surface area contributed by atoms with Crippen molar-refractivity contribution < 1.29 is 13.6 Å². The van der Waals surface area contributed by atoms with Crippen molar-refractivity contribution in [3.05, 3.63) is 36.2 Å². The summed E-state index contributed by atoms with van der Waals surface area (Å²) in [4.78, 5) is 26.4. The summed E-state index contributed by atoms with van der Waals surface area (Å²) < 4.78 is 18.3. The molecule has 1 aliphatic heterocycles. The number of halogens is 1. The van der Waals surface area contributed by atoms with E-state index in [0.717, 1.165) is 51.4 Å². The van der Waals surface area contributed by atoms with Gasteiger partial charge in [0.25, 0.3) is 5.91 Å². The van der Waals surface area contributed by atoms with Crippen molar-refractivity contribution in [2.75, 3.05) is 24.5 Å². The molecule has 0 aromatic carbocycles. The minimum absolute atomic E-state index is 0.175. The fourth-order valence-corrected chi connectivity index (χ4v) is 3.30. The normalized spacial score (nSPS) is 20.7. The molecule has 1 N–H and O–H groups in total. The van der Waals surface area contributed by atoms with Crippen molar-refractivity contribution in [3.63, 3.8) is 0 Å². The van der Waals surface area contributed by atoms with Crippen LogP contribution in [0.15, 0.2) is 23.1 Å². The van der Waals surface area contributed by atoms with Gasteiger partial charge in [-0.3, -0.25) is 4.79 Å². The topological polar surface area (TPSA) is 84.2 Å². The average Bonchev–Trinajstić information content (AvgIpc) is 3.43. The van der Waals surface area contributed by atoms with Crippen molar-refractivity contribution in [2.24, 2.45) is 5.92 Å². The quantitative estimate of drug-likeness (QED) is 0.883. The fraction of sp³-hybridized carbons (Fsp3) is 0.556. The van der Waals surface area contributed by atoms with Gasteiger partial charge < -0.3 is 14.6 Å².